The molecule has 3 heteroatoms. The molecule has 2 aromatic rings. The van der Waals surface area contributed by atoms with Crippen LogP contribution in [-0.4, -0.2) is 6.04 Å². The molecule has 0 aromatic heterocycles. The second kappa shape index (κ2) is 6.18. The SMILES string of the molecule is Cc1ccccc1CC(N)Cc1cccc(Cl)c1F. The Morgan fingerprint density at radius 1 is 1.05 bits per heavy atom. The average Bonchev–Trinajstić information content (AvgIpc) is 2.38. The standard InChI is InChI=1S/C16H17ClFN/c1-11-5-2-3-6-12(11)9-14(19)10-13-7-4-8-15(17)16(13)18/h2-8,14H,9-10,19H2,1H3. The van der Waals surface area contributed by atoms with Crippen LogP contribution in [0.2, 0.25) is 5.02 Å². The van der Waals surface area contributed by atoms with Crippen LogP contribution in [0.5, 0.6) is 0 Å². The number of halogens is 2. The van der Waals surface area contributed by atoms with Gasteiger partial charge in [-0.1, -0.05) is 48.0 Å². The number of hydrogen-bond donors (Lipinski definition) is 1. The Balaban J connectivity index is 2.08. The zero-order chi connectivity index (χ0) is 13.8. The molecular weight excluding hydrogens is 261 g/mol. The predicted octanol–water partition coefficient (Wildman–Crippen LogP) is 3.90. The van der Waals surface area contributed by atoms with Crippen molar-refractivity contribution in [3.8, 4) is 0 Å². The molecule has 0 saturated heterocycles. The monoisotopic (exact) mass is 277 g/mol. The first-order valence-electron chi connectivity index (χ1n) is 6.31. The summed E-state index contributed by atoms with van der Waals surface area (Å²) < 4.78 is 13.8. The highest BCUT2D eigenvalue weighted by Crippen LogP contribution is 2.20. The van der Waals surface area contributed by atoms with Gasteiger partial charge in [0.1, 0.15) is 5.82 Å². The molecule has 1 atom stereocenters. The van der Waals surface area contributed by atoms with Gasteiger partial charge in [0, 0.05) is 6.04 Å². The van der Waals surface area contributed by atoms with Gasteiger partial charge in [-0.15, -0.1) is 0 Å². The highest BCUT2D eigenvalue weighted by atomic mass is 35.5. The second-order valence-corrected chi connectivity index (χ2v) is 5.21. The normalized spacial score (nSPS) is 12.4. The third-order valence-corrected chi connectivity index (χ3v) is 3.55. The molecule has 19 heavy (non-hydrogen) atoms. The van der Waals surface area contributed by atoms with Crippen LogP contribution >= 0.6 is 11.6 Å². The van der Waals surface area contributed by atoms with E-state index in [1.807, 2.05) is 12.1 Å². The predicted molar refractivity (Wildman–Crippen MR) is 78.0 cm³/mol. The molecule has 2 aromatic carbocycles. The topological polar surface area (TPSA) is 26.0 Å². The van der Waals surface area contributed by atoms with Crippen LogP contribution in [-0.2, 0) is 12.8 Å². The van der Waals surface area contributed by atoms with Gasteiger partial charge in [-0.3, -0.25) is 0 Å². The zero-order valence-corrected chi connectivity index (χ0v) is 11.6. The van der Waals surface area contributed by atoms with E-state index >= 15 is 0 Å². The Hall–Kier alpha value is -1.38. The van der Waals surface area contributed by atoms with Crippen molar-refractivity contribution in [1.29, 1.82) is 0 Å². The lowest BCUT2D eigenvalue weighted by Crippen LogP contribution is -2.26. The molecular formula is C16H17ClFN. The molecule has 1 nitrogen and oxygen atoms in total. The molecule has 0 bridgehead atoms. The molecule has 0 aliphatic rings. The quantitative estimate of drug-likeness (QED) is 0.901. The minimum absolute atomic E-state index is 0.117. The molecule has 1 unspecified atom stereocenters. The zero-order valence-electron chi connectivity index (χ0n) is 10.9. The molecule has 0 radical (unpaired) electrons. The van der Waals surface area contributed by atoms with E-state index in [1.54, 1.807) is 18.2 Å². The van der Waals surface area contributed by atoms with Crippen molar-refractivity contribution in [2.24, 2.45) is 5.73 Å². The van der Waals surface area contributed by atoms with Crippen LogP contribution in [0.4, 0.5) is 4.39 Å². The number of rotatable bonds is 4. The van der Waals surface area contributed by atoms with Gasteiger partial charge >= 0.3 is 0 Å². The number of benzene rings is 2. The average molecular weight is 278 g/mol. The fourth-order valence-corrected chi connectivity index (χ4v) is 2.38. The summed E-state index contributed by atoms with van der Waals surface area (Å²) in [6.45, 7) is 2.06. The van der Waals surface area contributed by atoms with Gasteiger partial charge in [0.05, 0.1) is 5.02 Å². The Morgan fingerprint density at radius 3 is 2.42 bits per heavy atom. The van der Waals surface area contributed by atoms with E-state index in [4.69, 9.17) is 17.3 Å². The lowest BCUT2D eigenvalue weighted by molar-refractivity contribution is 0.584. The second-order valence-electron chi connectivity index (χ2n) is 4.81. The summed E-state index contributed by atoms with van der Waals surface area (Å²) in [5, 5.41) is 0.153. The molecule has 2 N–H and O–H groups in total. The third kappa shape index (κ3) is 3.55. The first-order valence-corrected chi connectivity index (χ1v) is 6.68. The van der Waals surface area contributed by atoms with Gasteiger partial charge in [0.2, 0.25) is 0 Å². The minimum Gasteiger partial charge on any atom is -0.327 e. The van der Waals surface area contributed by atoms with Gasteiger partial charge in [-0.2, -0.15) is 0 Å². The maximum absolute atomic E-state index is 13.8. The Labute approximate surface area is 118 Å². The highest BCUT2D eigenvalue weighted by Gasteiger charge is 2.12. The van der Waals surface area contributed by atoms with Crippen molar-refractivity contribution in [3.63, 3.8) is 0 Å². The lowest BCUT2D eigenvalue weighted by atomic mass is 9.97. The van der Waals surface area contributed by atoms with Crippen molar-refractivity contribution < 1.29 is 4.39 Å². The van der Waals surface area contributed by atoms with Crippen LogP contribution in [0.25, 0.3) is 0 Å². The number of aryl methyl sites for hydroxylation is 1. The molecule has 100 valence electrons. The van der Waals surface area contributed by atoms with Crippen molar-refractivity contribution in [3.05, 3.63) is 70.0 Å². The smallest absolute Gasteiger partial charge is 0.145 e. The highest BCUT2D eigenvalue weighted by molar-refractivity contribution is 6.30. The third-order valence-electron chi connectivity index (χ3n) is 3.26. The maximum Gasteiger partial charge on any atom is 0.145 e. The molecule has 0 heterocycles. The summed E-state index contributed by atoms with van der Waals surface area (Å²) in [7, 11) is 0. The summed E-state index contributed by atoms with van der Waals surface area (Å²) in [5.41, 5.74) is 9.11. The summed E-state index contributed by atoms with van der Waals surface area (Å²) >= 11 is 5.77. The summed E-state index contributed by atoms with van der Waals surface area (Å²) in [6, 6.07) is 13.0. The van der Waals surface area contributed by atoms with Gasteiger partial charge in [-0.25, -0.2) is 4.39 Å². The molecule has 0 saturated carbocycles. The fourth-order valence-electron chi connectivity index (χ4n) is 2.18. The van der Waals surface area contributed by atoms with Gasteiger partial charge in [0.15, 0.2) is 0 Å². The van der Waals surface area contributed by atoms with Crippen LogP contribution in [0.1, 0.15) is 16.7 Å². The van der Waals surface area contributed by atoms with Crippen LogP contribution in [0, 0.1) is 12.7 Å². The molecule has 0 fully saturated rings. The Bertz CT molecular complexity index is 568. The van der Waals surface area contributed by atoms with E-state index in [-0.39, 0.29) is 16.9 Å². The number of nitrogens with two attached hydrogens (primary N) is 1. The van der Waals surface area contributed by atoms with Crippen LogP contribution < -0.4 is 5.73 Å². The van der Waals surface area contributed by atoms with E-state index in [2.05, 4.69) is 19.1 Å². The van der Waals surface area contributed by atoms with Crippen molar-refractivity contribution >= 4 is 11.6 Å². The van der Waals surface area contributed by atoms with E-state index in [1.165, 1.54) is 11.1 Å². The Morgan fingerprint density at radius 2 is 1.68 bits per heavy atom. The minimum atomic E-state index is -0.357. The number of hydrogen-bond acceptors (Lipinski definition) is 1. The largest absolute Gasteiger partial charge is 0.327 e. The summed E-state index contributed by atoms with van der Waals surface area (Å²) in [4.78, 5) is 0. The fraction of sp³-hybridized carbons (Fsp3) is 0.250. The van der Waals surface area contributed by atoms with E-state index in [0.29, 0.717) is 12.0 Å². The summed E-state index contributed by atoms with van der Waals surface area (Å²) in [6.07, 6.45) is 1.22. The van der Waals surface area contributed by atoms with E-state index < -0.39 is 0 Å². The first-order chi connectivity index (χ1) is 9.08. The lowest BCUT2D eigenvalue weighted by Gasteiger charge is -2.14. The van der Waals surface area contributed by atoms with E-state index in [0.717, 1.165) is 6.42 Å². The van der Waals surface area contributed by atoms with Gasteiger partial charge in [0.25, 0.3) is 0 Å². The molecule has 0 spiro atoms. The van der Waals surface area contributed by atoms with Crippen LogP contribution in [0.3, 0.4) is 0 Å². The molecule has 0 aliphatic heterocycles. The maximum atomic E-state index is 13.8. The molecule has 2 rings (SSSR count). The van der Waals surface area contributed by atoms with Crippen LogP contribution in [0.15, 0.2) is 42.5 Å². The first kappa shape index (κ1) is 14.0. The summed E-state index contributed by atoms with van der Waals surface area (Å²) in [5.74, 6) is -0.357. The van der Waals surface area contributed by atoms with Gasteiger partial charge in [-0.05, 0) is 42.5 Å². The van der Waals surface area contributed by atoms with E-state index in [9.17, 15) is 4.39 Å². The van der Waals surface area contributed by atoms with Crippen molar-refractivity contribution in [2.75, 3.05) is 0 Å². The Kier molecular flexibility index (Phi) is 4.56. The van der Waals surface area contributed by atoms with Crippen molar-refractivity contribution in [2.45, 2.75) is 25.8 Å². The van der Waals surface area contributed by atoms with Gasteiger partial charge < -0.3 is 5.73 Å². The molecule has 0 amide bonds. The molecule has 0 aliphatic carbocycles. The van der Waals surface area contributed by atoms with Crippen molar-refractivity contribution in [1.82, 2.24) is 0 Å².